The third-order valence-corrected chi connectivity index (χ3v) is 2.49. The summed E-state index contributed by atoms with van der Waals surface area (Å²) in [6.07, 6.45) is 2.59. The molecule has 4 heteroatoms. The lowest BCUT2D eigenvalue weighted by Gasteiger charge is -2.19. The minimum atomic E-state index is 0.296. The molecule has 4 nitrogen and oxygen atoms in total. The number of carbonyl (C=O) groups excluding carboxylic acids is 1. The van der Waals surface area contributed by atoms with Gasteiger partial charge in [-0.3, -0.25) is 4.79 Å². The van der Waals surface area contributed by atoms with Crippen molar-refractivity contribution in [3.8, 4) is 0 Å². The molecule has 0 N–H and O–H groups in total. The molecule has 0 saturated carbocycles. The predicted octanol–water partition coefficient (Wildman–Crippen LogP) is 1.69. The van der Waals surface area contributed by atoms with Gasteiger partial charge in [0.25, 0.3) is 0 Å². The Balaban J connectivity index is 2.24. The maximum Gasteiger partial charge on any atom is 0.191 e. The number of nitrogens with zero attached hydrogens (tertiary/aromatic N) is 1. The lowest BCUT2D eigenvalue weighted by molar-refractivity contribution is 0.0800. The van der Waals surface area contributed by atoms with Gasteiger partial charge < -0.3 is 9.15 Å². The van der Waals surface area contributed by atoms with Crippen molar-refractivity contribution in [3.05, 3.63) is 17.3 Å². The number of hydrogen-bond donors (Lipinski definition) is 0. The predicted molar refractivity (Wildman–Crippen MR) is 49.4 cm³/mol. The van der Waals surface area contributed by atoms with Crippen LogP contribution in [0.25, 0.3) is 0 Å². The van der Waals surface area contributed by atoms with Crippen molar-refractivity contribution < 1.29 is 13.9 Å². The van der Waals surface area contributed by atoms with Crippen LogP contribution in [0.3, 0.4) is 0 Å². The van der Waals surface area contributed by atoms with Crippen LogP contribution < -0.4 is 0 Å². The number of ether oxygens (including phenoxy) is 1. The Labute approximate surface area is 82.3 Å². The Kier molecular flexibility index (Phi) is 2.63. The molecular formula is C10H13NO3. The number of aromatic nitrogens is 1. The van der Waals surface area contributed by atoms with Crippen LogP contribution in [0.2, 0.25) is 0 Å². The van der Waals surface area contributed by atoms with Gasteiger partial charge in [-0.25, -0.2) is 4.98 Å². The second-order valence-electron chi connectivity index (χ2n) is 3.49. The van der Waals surface area contributed by atoms with Crippen molar-refractivity contribution in [3.63, 3.8) is 0 Å². The van der Waals surface area contributed by atoms with Crippen LogP contribution in [0, 0.1) is 6.92 Å². The van der Waals surface area contributed by atoms with Gasteiger partial charge in [0.1, 0.15) is 11.5 Å². The third kappa shape index (κ3) is 1.70. The maximum atomic E-state index is 10.7. The van der Waals surface area contributed by atoms with Crippen molar-refractivity contribution in [2.24, 2.45) is 0 Å². The summed E-state index contributed by atoms with van der Waals surface area (Å²) in [7, 11) is 0. The first-order valence-electron chi connectivity index (χ1n) is 4.81. The van der Waals surface area contributed by atoms with E-state index in [4.69, 9.17) is 9.15 Å². The Morgan fingerprint density at radius 1 is 1.43 bits per heavy atom. The number of rotatable bonds is 2. The molecule has 1 aliphatic rings. The van der Waals surface area contributed by atoms with E-state index in [2.05, 4.69) is 4.98 Å². The second-order valence-corrected chi connectivity index (χ2v) is 3.49. The van der Waals surface area contributed by atoms with Gasteiger partial charge in [-0.05, 0) is 12.8 Å². The summed E-state index contributed by atoms with van der Waals surface area (Å²) < 4.78 is 10.7. The van der Waals surface area contributed by atoms with E-state index in [-0.39, 0.29) is 0 Å². The molecule has 0 aliphatic carbocycles. The van der Waals surface area contributed by atoms with Crippen molar-refractivity contribution >= 4 is 6.29 Å². The number of oxazole rings is 1. The van der Waals surface area contributed by atoms with Crippen LogP contribution in [0.15, 0.2) is 4.42 Å². The van der Waals surface area contributed by atoms with E-state index >= 15 is 0 Å². The van der Waals surface area contributed by atoms with Crippen LogP contribution in [0.5, 0.6) is 0 Å². The molecule has 0 atom stereocenters. The van der Waals surface area contributed by atoms with E-state index in [1.54, 1.807) is 6.92 Å². The monoisotopic (exact) mass is 195 g/mol. The Bertz CT molecular complexity index is 326. The van der Waals surface area contributed by atoms with Gasteiger partial charge in [0.05, 0.1) is 0 Å². The molecule has 0 bridgehead atoms. The van der Waals surface area contributed by atoms with Crippen LogP contribution in [0.4, 0.5) is 0 Å². The molecule has 1 fully saturated rings. The van der Waals surface area contributed by atoms with Gasteiger partial charge >= 0.3 is 0 Å². The van der Waals surface area contributed by atoms with Crippen molar-refractivity contribution in [1.29, 1.82) is 0 Å². The molecule has 14 heavy (non-hydrogen) atoms. The van der Waals surface area contributed by atoms with Gasteiger partial charge in [0.15, 0.2) is 12.2 Å². The van der Waals surface area contributed by atoms with Gasteiger partial charge in [-0.1, -0.05) is 0 Å². The minimum absolute atomic E-state index is 0.296. The lowest BCUT2D eigenvalue weighted by atomic mass is 9.96. The summed E-state index contributed by atoms with van der Waals surface area (Å²) in [5, 5.41) is 0. The molecule has 0 spiro atoms. The SMILES string of the molecule is Cc1nc(C=O)c(C2CCOCC2)o1. The van der Waals surface area contributed by atoms with Crippen LogP contribution in [-0.2, 0) is 4.74 Å². The van der Waals surface area contributed by atoms with Gasteiger partial charge in [0.2, 0.25) is 0 Å². The van der Waals surface area contributed by atoms with E-state index in [9.17, 15) is 4.79 Å². The molecule has 1 saturated heterocycles. The van der Waals surface area contributed by atoms with Crippen LogP contribution in [-0.4, -0.2) is 24.5 Å². The van der Waals surface area contributed by atoms with E-state index in [0.717, 1.165) is 38.1 Å². The summed E-state index contributed by atoms with van der Waals surface area (Å²) >= 11 is 0. The smallest absolute Gasteiger partial charge is 0.191 e. The minimum Gasteiger partial charge on any atom is -0.445 e. The van der Waals surface area contributed by atoms with Crippen molar-refractivity contribution in [1.82, 2.24) is 4.98 Å². The van der Waals surface area contributed by atoms with E-state index in [0.29, 0.717) is 17.5 Å². The fraction of sp³-hybridized carbons (Fsp3) is 0.600. The first-order chi connectivity index (χ1) is 6.81. The molecule has 1 aromatic rings. The first-order valence-corrected chi connectivity index (χ1v) is 4.81. The summed E-state index contributed by atoms with van der Waals surface area (Å²) in [5.41, 5.74) is 0.453. The topological polar surface area (TPSA) is 52.3 Å². The van der Waals surface area contributed by atoms with Gasteiger partial charge in [0, 0.05) is 26.1 Å². The molecule has 0 radical (unpaired) electrons. The molecular weight excluding hydrogens is 182 g/mol. The molecule has 76 valence electrons. The number of aldehydes is 1. The summed E-state index contributed by atoms with van der Waals surface area (Å²) in [6.45, 7) is 3.24. The fourth-order valence-corrected chi connectivity index (χ4v) is 1.80. The van der Waals surface area contributed by atoms with Gasteiger partial charge in [-0.2, -0.15) is 0 Å². The van der Waals surface area contributed by atoms with E-state index in [1.807, 2.05) is 0 Å². The van der Waals surface area contributed by atoms with Gasteiger partial charge in [-0.15, -0.1) is 0 Å². The summed E-state index contributed by atoms with van der Waals surface area (Å²) in [4.78, 5) is 14.8. The highest BCUT2D eigenvalue weighted by Gasteiger charge is 2.23. The molecule has 1 aromatic heterocycles. The molecule has 0 unspecified atom stereocenters. The molecule has 2 rings (SSSR count). The molecule has 1 aliphatic heterocycles. The van der Waals surface area contributed by atoms with Crippen LogP contribution in [0.1, 0.15) is 40.9 Å². The van der Waals surface area contributed by atoms with Crippen LogP contribution >= 0.6 is 0 Å². The summed E-state index contributed by atoms with van der Waals surface area (Å²) in [6, 6.07) is 0. The maximum absolute atomic E-state index is 10.7. The quantitative estimate of drug-likeness (QED) is 0.674. The zero-order valence-corrected chi connectivity index (χ0v) is 8.16. The van der Waals surface area contributed by atoms with E-state index < -0.39 is 0 Å². The Morgan fingerprint density at radius 3 is 2.79 bits per heavy atom. The summed E-state index contributed by atoms with van der Waals surface area (Å²) in [5.74, 6) is 1.60. The molecule has 0 aromatic carbocycles. The van der Waals surface area contributed by atoms with Crippen molar-refractivity contribution in [2.75, 3.05) is 13.2 Å². The highest BCUT2D eigenvalue weighted by Crippen LogP contribution is 2.29. The average molecular weight is 195 g/mol. The largest absolute Gasteiger partial charge is 0.445 e. The van der Waals surface area contributed by atoms with E-state index in [1.165, 1.54) is 0 Å². The number of hydrogen-bond acceptors (Lipinski definition) is 4. The Morgan fingerprint density at radius 2 is 2.14 bits per heavy atom. The number of aryl methyl sites for hydroxylation is 1. The second kappa shape index (κ2) is 3.92. The highest BCUT2D eigenvalue weighted by molar-refractivity contribution is 5.73. The zero-order chi connectivity index (χ0) is 9.97. The normalized spacial score (nSPS) is 18.4. The number of carbonyl (C=O) groups is 1. The molecule has 2 heterocycles. The first kappa shape index (κ1) is 9.40. The Hall–Kier alpha value is -1.16. The average Bonchev–Trinajstić information content (AvgIpc) is 2.61. The zero-order valence-electron chi connectivity index (χ0n) is 8.16. The fourth-order valence-electron chi connectivity index (χ4n) is 1.80. The lowest BCUT2D eigenvalue weighted by Crippen LogP contribution is -2.14. The third-order valence-electron chi connectivity index (χ3n) is 2.49. The molecule has 0 amide bonds. The highest BCUT2D eigenvalue weighted by atomic mass is 16.5. The van der Waals surface area contributed by atoms with Crippen molar-refractivity contribution in [2.45, 2.75) is 25.7 Å². The standard InChI is InChI=1S/C10H13NO3/c1-7-11-9(6-12)10(14-7)8-2-4-13-5-3-8/h6,8H,2-5H2,1H3.